The second kappa shape index (κ2) is 5.77. The molecule has 1 aromatic carbocycles. The molecular weight excluding hydrogens is 271 g/mol. The second-order valence-corrected chi connectivity index (χ2v) is 5.32. The van der Waals surface area contributed by atoms with Crippen LogP contribution in [0.25, 0.3) is 10.9 Å². The molecule has 0 radical (unpaired) electrons. The van der Waals surface area contributed by atoms with Gasteiger partial charge in [0.05, 0.1) is 17.2 Å². The number of hydrogen-bond donors (Lipinski definition) is 1. The van der Waals surface area contributed by atoms with Gasteiger partial charge in [-0.05, 0) is 44.0 Å². The molecule has 1 N–H and O–H groups in total. The zero-order chi connectivity index (χ0) is 14.8. The first-order valence-electron chi connectivity index (χ1n) is 7.10. The number of ether oxygens (including phenoxy) is 1. The molecule has 4 nitrogen and oxygen atoms in total. The minimum absolute atomic E-state index is 0.0832. The summed E-state index contributed by atoms with van der Waals surface area (Å²) in [5.41, 5.74) is 1.81. The third kappa shape index (κ3) is 3.03. The number of pyridine rings is 1. The number of halogens is 1. The van der Waals surface area contributed by atoms with Crippen LogP contribution >= 0.6 is 0 Å². The smallest absolute Gasteiger partial charge is 0.252 e. The lowest BCUT2D eigenvalue weighted by Crippen LogP contribution is -2.32. The third-order valence-electron chi connectivity index (χ3n) is 3.66. The van der Waals surface area contributed by atoms with Gasteiger partial charge in [-0.2, -0.15) is 0 Å². The SMILES string of the molecule is Cc1cc(C(=O)NCC2CCCO2)c2cc(F)ccc2n1. The quantitative estimate of drug-likeness (QED) is 0.944. The van der Waals surface area contributed by atoms with Crippen LogP contribution in [0.3, 0.4) is 0 Å². The Morgan fingerprint density at radius 1 is 1.48 bits per heavy atom. The van der Waals surface area contributed by atoms with E-state index in [0.717, 1.165) is 25.1 Å². The number of nitrogens with one attached hydrogen (secondary N) is 1. The minimum atomic E-state index is -0.374. The van der Waals surface area contributed by atoms with E-state index in [1.54, 1.807) is 12.1 Å². The van der Waals surface area contributed by atoms with E-state index < -0.39 is 0 Å². The van der Waals surface area contributed by atoms with Crippen molar-refractivity contribution in [2.75, 3.05) is 13.2 Å². The number of hydrogen-bond acceptors (Lipinski definition) is 3. The van der Waals surface area contributed by atoms with Gasteiger partial charge in [-0.3, -0.25) is 9.78 Å². The number of nitrogens with zero attached hydrogens (tertiary/aromatic N) is 1. The molecule has 2 aromatic rings. The van der Waals surface area contributed by atoms with Gasteiger partial charge in [0.25, 0.3) is 5.91 Å². The van der Waals surface area contributed by atoms with Gasteiger partial charge in [0.2, 0.25) is 0 Å². The highest BCUT2D eigenvalue weighted by Crippen LogP contribution is 2.20. The molecule has 3 rings (SSSR count). The second-order valence-electron chi connectivity index (χ2n) is 5.32. The van der Waals surface area contributed by atoms with Crippen LogP contribution in [0.5, 0.6) is 0 Å². The first-order chi connectivity index (χ1) is 10.1. The first kappa shape index (κ1) is 13.9. The molecule has 1 aromatic heterocycles. The summed E-state index contributed by atoms with van der Waals surface area (Å²) in [7, 11) is 0. The summed E-state index contributed by atoms with van der Waals surface area (Å²) in [6.45, 7) is 3.06. The Labute approximate surface area is 122 Å². The number of aromatic nitrogens is 1. The fourth-order valence-electron chi connectivity index (χ4n) is 2.63. The zero-order valence-corrected chi connectivity index (χ0v) is 11.9. The average Bonchev–Trinajstić information content (AvgIpc) is 2.97. The zero-order valence-electron chi connectivity index (χ0n) is 11.9. The summed E-state index contributed by atoms with van der Waals surface area (Å²) in [4.78, 5) is 16.7. The van der Waals surface area contributed by atoms with E-state index in [1.165, 1.54) is 12.1 Å². The normalized spacial score (nSPS) is 18.1. The summed E-state index contributed by atoms with van der Waals surface area (Å²) in [5, 5.41) is 3.40. The highest BCUT2D eigenvalue weighted by atomic mass is 19.1. The van der Waals surface area contributed by atoms with Crippen LogP contribution in [0, 0.1) is 12.7 Å². The predicted octanol–water partition coefficient (Wildman–Crippen LogP) is 2.59. The maximum atomic E-state index is 13.4. The van der Waals surface area contributed by atoms with Gasteiger partial charge in [0.15, 0.2) is 0 Å². The van der Waals surface area contributed by atoms with Crippen LogP contribution in [0.4, 0.5) is 4.39 Å². The van der Waals surface area contributed by atoms with Gasteiger partial charge < -0.3 is 10.1 Å². The number of amides is 1. The molecule has 1 unspecified atom stereocenters. The lowest BCUT2D eigenvalue weighted by molar-refractivity contribution is 0.0859. The minimum Gasteiger partial charge on any atom is -0.376 e. The van der Waals surface area contributed by atoms with Crippen molar-refractivity contribution < 1.29 is 13.9 Å². The van der Waals surface area contributed by atoms with Crippen molar-refractivity contribution in [1.82, 2.24) is 10.3 Å². The molecule has 1 fully saturated rings. The molecule has 21 heavy (non-hydrogen) atoms. The Morgan fingerprint density at radius 2 is 2.33 bits per heavy atom. The lowest BCUT2D eigenvalue weighted by Gasteiger charge is -2.12. The van der Waals surface area contributed by atoms with Crippen molar-refractivity contribution in [3.8, 4) is 0 Å². The van der Waals surface area contributed by atoms with Crippen molar-refractivity contribution in [2.45, 2.75) is 25.9 Å². The Morgan fingerprint density at radius 3 is 3.10 bits per heavy atom. The third-order valence-corrected chi connectivity index (χ3v) is 3.66. The average molecular weight is 288 g/mol. The molecule has 0 aliphatic carbocycles. The fourth-order valence-corrected chi connectivity index (χ4v) is 2.63. The maximum absolute atomic E-state index is 13.4. The van der Waals surface area contributed by atoms with Crippen molar-refractivity contribution in [3.63, 3.8) is 0 Å². The van der Waals surface area contributed by atoms with Crippen LogP contribution in [0.1, 0.15) is 28.9 Å². The Bertz CT molecular complexity index is 681. The van der Waals surface area contributed by atoms with Crippen molar-refractivity contribution in [1.29, 1.82) is 0 Å². The lowest BCUT2D eigenvalue weighted by atomic mass is 10.1. The summed E-state index contributed by atoms with van der Waals surface area (Å²) in [5.74, 6) is -0.590. The first-order valence-corrected chi connectivity index (χ1v) is 7.10. The standard InChI is InChI=1S/C16H17FN2O2/c1-10-7-14(13-8-11(17)4-5-15(13)19-10)16(20)18-9-12-3-2-6-21-12/h4-5,7-8,12H,2-3,6,9H2,1H3,(H,18,20). The molecule has 1 aliphatic heterocycles. The van der Waals surface area contributed by atoms with Crippen LogP contribution in [-0.4, -0.2) is 30.1 Å². The van der Waals surface area contributed by atoms with Crippen molar-refractivity contribution in [2.24, 2.45) is 0 Å². The number of carbonyl (C=O) groups is 1. The number of aryl methyl sites for hydroxylation is 1. The predicted molar refractivity (Wildman–Crippen MR) is 77.7 cm³/mol. The maximum Gasteiger partial charge on any atom is 0.252 e. The van der Waals surface area contributed by atoms with E-state index in [2.05, 4.69) is 10.3 Å². The molecule has 0 saturated carbocycles. The fraction of sp³-hybridized carbons (Fsp3) is 0.375. The molecule has 2 heterocycles. The van der Waals surface area contributed by atoms with Gasteiger partial charge in [-0.15, -0.1) is 0 Å². The molecule has 5 heteroatoms. The molecule has 110 valence electrons. The molecule has 1 atom stereocenters. The molecular formula is C16H17FN2O2. The van der Waals surface area contributed by atoms with E-state index in [1.807, 2.05) is 6.92 Å². The van der Waals surface area contributed by atoms with Gasteiger partial charge in [0.1, 0.15) is 5.82 Å². The highest BCUT2D eigenvalue weighted by molar-refractivity contribution is 6.06. The Kier molecular flexibility index (Phi) is 3.84. The number of fused-ring (bicyclic) bond motifs is 1. The van der Waals surface area contributed by atoms with Crippen LogP contribution in [0.2, 0.25) is 0 Å². The number of carbonyl (C=O) groups excluding carboxylic acids is 1. The van der Waals surface area contributed by atoms with Crippen molar-refractivity contribution >= 4 is 16.8 Å². The monoisotopic (exact) mass is 288 g/mol. The van der Waals surface area contributed by atoms with Gasteiger partial charge in [-0.25, -0.2) is 4.39 Å². The summed E-state index contributed by atoms with van der Waals surface area (Å²) in [6, 6.07) is 5.98. The van der Waals surface area contributed by atoms with Gasteiger partial charge in [-0.1, -0.05) is 0 Å². The highest BCUT2D eigenvalue weighted by Gasteiger charge is 2.18. The van der Waals surface area contributed by atoms with Gasteiger partial charge >= 0.3 is 0 Å². The summed E-state index contributed by atoms with van der Waals surface area (Å²) in [6.07, 6.45) is 2.08. The van der Waals surface area contributed by atoms with E-state index in [-0.39, 0.29) is 17.8 Å². The van der Waals surface area contributed by atoms with Crippen molar-refractivity contribution in [3.05, 3.63) is 41.3 Å². The largest absolute Gasteiger partial charge is 0.376 e. The van der Waals surface area contributed by atoms with E-state index in [9.17, 15) is 9.18 Å². The summed E-state index contributed by atoms with van der Waals surface area (Å²) >= 11 is 0. The number of rotatable bonds is 3. The van der Waals surface area contributed by atoms with E-state index in [4.69, 9.17) is 4.74 Å². The summed E-state index contributed by atoms with van der Waals surface area (Å²) < 4.78 is 18.9. The molecule has 1 saturated heterocycles. The number of benzene rings is 1. The Hall–Kier alpha value is -2.01. The molecule has 0 spiro atoms. The van der Waals surface area contributed by atoms with Crippen LogP contribution in [-0.2, 0) is 4.74 Å². The molecule has 1 amide bonds. The molecule has 0 bridgehead atoms. The van der Waals surface area contributed by atoms with E-state index >= 15 is 0 Å². The molecule has 1 aliphatic rings. The van der Waals surface area contributed by atoms with Crippen LogP contribution < -0.4 is 5.32 Å². The van der Waals surface area contributed by atoms with Crippen LogP contribution in [0.15, 0.2) is 24.3 Å². The topological polar surface area (TPSA) is 51.2 Å². The van der Waals surface area contributed by atoms with E-state index in [0.29, 0.717) is 23.0 Å². The Balaban J connectivity index is 1.87. The van der Waals surface area contributed by atoms with Gasteiger partial charge in [0, 0.05) is 24.2 Å².